The molecule has 0 fully saturated rings. The van der Waals surface area contributed by atoms with Crippen LogP contribution in [0.5, 0.6) is 0 Å². The van der Waals surface area contributed by atoms with Gasteiger partial charge in [-0.1, -0.05) is 23.7 Å². The second kappa shape index (κ2) is 5.17. The maximum absolute atomic E-state index is 9.01. The first-order chi connectivity index (χ1) is 8.20. The second-order valence-corrected chi connectivity index (χ2v) is 4.59. The van der Waals surface area contributed by atoms with E-state index in [-0.39, 0.29) is 0 Å². The van der Waals surface area contributed by atoms with Gasteiger partial charge in [-0.05, 0) is 34.1 Å². The van der Waals surface area contributed by atoms with Crippen molar-refractivity contribution < 1.29 is 0 Å². The highest BCUT2D eigenvalue weighted by molar-refractivity contribution is 9.10. The van der Waals surface area contributed by atoms with Gasteiger partial charge in [0.25, 0.3) is 0 Å². The van der Waals surface area contributed by atoms with Crippen LogP contribution in [-0.4, -0.2) is 4.98 Å². The molecular weight excluding hydrogens is 302 g/mol. The van der Waals surface area contributed by atoms with Gasteiger partial charge in [0.2, 0.25) is 0 Å². The Morgan fingerprint density at radius 3 is 2.82 bits per heavy atom. The van der Waals surface area contributed by atoms with Gasteiger partial charge in [-0.25, -0.2) is 4.98 Å². The summed E-state index contributed by atoms with van der Waals surface area (Å²) in [5.41, 5.74) is 1.18. The smallest absolute Gasteiger partial charge is 0.148 e. The highest BCUT2D eigenvalue weighted by Crippen LogP contribution is 2.26. The molecule has 0 unspecified atom stereocenters. The molecule has 0 radical (unpaired) electrons. The van der Waals surface area contributed by atoms with Crippen LogP contribution in [0.1, 0.15) is 5.56 Å². The van der Waals surface area contributed by atoms with Crippen molar-refractivity contribution in [3.05, 3.63) is 51.6 Å². The molecule has 0 saturated heterocycles. The molecule has 1 aromatic carbocycles. The number of para-hydroxylation sites is 1. The van der Waals surface area contributed by atoms with Crippen molar-refractivity contribution in [2.45, 2.75) is 0 Å². The molecule has 2 aromatic rings. The summed E-state index contributed by atoms with van der Waals surface area (Å²) < 4.78 is 0.763. The standard InChI is InChI=1S/C12H7BrClN3/c13-9-5-8(6-15)12(16-7-9)17-11-4-2-1-3-10(11)14/h1-5,7H,(H,16,17). The Morgan fingerprint density at radius 1 is 1.35 bits per heavy atom. The molecule has 0 amide bonds. The monoisotopic (exact) mass is 307 g/mol. The van der Waals surface area contributed by atoms with Crippen molar-refractivity contribution >= 4 is 39.0 Å². The first-order valence-corrected chi connectivity index (χ1v) is 5.95. The third-order valence-corrected chi connectivity index (χ3v) is 2.86. The normalized spacial score (nSPS) is 9.71. The van der Waals surface area contributed by atoms with Gasteiger partial charge < -0.3 is 5.32 Å². The van der Waals surface area contributed by atoms with E-state index in [1.54, 1.807) is 18.3 Å². The molecule has 0 aliphatic heterocycles. The topological polar surface area (TPSA) is 48.7 Å². The lowest BCUT2D eigenvalue weighted by Gasteiger charge is -2.08. The van der Waals surface area contributed by atoms with Gasteiger partial charge in [-0.15, -0.1) is 0 Å². The molecule has 2 rings (SSSR count). The van der Waals surface area contributed by atoms with Crippen LogP contribution in [0, 0.1) is 11.3 Å². The van der Waals surface area contributed by atoms with E-state index in [0.717, 1.165) is 10.2 Å². The van der Waals surface area contributed by atoms with Gasteiger partial charge in [-0.3, -0.25) is 0 Å². The first kappa shape index (κ1) is 11.9. The minimum atomic E-state index is 0.458. The first-order valence-electron chi connectivity index (χ1n) is 4.78. The van der Waals surface area contributed by atoms with Gasteiger partial charge in [0.05, 0.1) is 16.3 Å². The van der Waals surface area contributed by atoms with Crippen molar-refractivity contribution in [3.8, 4) is 6.07 Å². The number of benzene rings is 1. The average Bonchev–Trinajstić information content (AvgIpc) is 2.34. The van der Waals surface area contributed by atoms with E-state index in [2.05, 4.69) is 32.3 Å². The number of nitriles is 1. The molecule has 1 aromatic heterocycles. The second-order valence-electron chi connectivity index (χ2n) is 3.27. The number of anilines is 2. The number of nitrogens with zero attached hydrogens (tertiary/aromatic N) is 2. The highest BCUT2D eigenvalue weighted by atomic mass is 79.9. The van der Waals surface area contributed by atoms with Gasteiger partial charge in [0.15, 0.2) is 0 Å². The molecule has 5 heteroatoms. The molecule has 1 N–H and O–H groups in total. The van der Waals surface area contributed by atoms with Crippen LogP contribution in [-0.2, 0) is 0 Å². The zero-order valence-corrected chi connectivity index (χ0v) is 11.0. The number of nitrogens with one attached hydrogen (secondary N) is 1. The number of rotatable bonds is 2. The fourth-order valence-corrected chi connectivity index (χ4v) is 1.83. The molecule has 0 bridgehead atoms. The number of hydrogen-bond donors (Lipinski definition) is 1. The third kappa shape index (κ3) is 2.76. The SMILES string of the molecule is N#Cc1cc(Br)cnc1Nc1ccccc1Cl. The van der Waals surface area contributed by atoms with Gasteiger partial charge in [-0.2, -0.15) is 5.26 Å². The molecule has 0 atom stereocenters. The van der Waals surface area contributed by atoms with E-state index in [4.69, 9.17) is 16.9 Å². The fraction of sp³-hybridized carbons (Fsp3) is 0. The van der Waals surface area contributed by atoms with E-state index in [9.17, 15) is 0 Å². The van der Waals surface area contributed by atoms with Crippen LogP contribution in [0.15, 0.2) is 41.0 Å². The molecule has 84 valence electrons. The van der Waals surface area contributed by atoms with Crippen LogP contribution >= 0.6 is 27.5 Å². The number of aromatic nitrogens is 1. The van der Waals surface area contributed by atoms with Crippen LogP contribution in [0.4, 0.5) is 11.5 Å². The van der Waals surface area contributed by atoms with E-state index in [1.807, 2.05) is 18.2 Å². The zero-order valence-electron chi connectivity index (χ0n) is 8.61. The fourth-order valence-electron chi connectivity index (χ4n) is 1.31. The minimum Gasteiger partial charge on any atom is -0.338 e. The Hall–Kier alpha value is -1.57. The molecule has 3 nitrogen and oxygen atoms in total. The summed E-state index contributed by atoms with van der Waals surface area (Å²) in [6, 6.07) is 11.1. The summed E-state index contributed by atoms with van der Waals surface area (Å²) in [5.74, 6) is 0.490. The van der Waals surface area contributed by atoms with Gasteiger partial charge >= 0.3 is 0 Å². The Labute approximate surface area is 112 Å². The summed E-state index contributed by atoms with van der Waals surface area (Å²) in [4.78, 5) is 4.15. The van der Waals surface area contributed by atoms with E-state index in [0.29, 0.717) is 16.4 Å². The van der Waals surface area contributed by atoms with E-state index < -0.39 is 0 Å². The van der Waals surface area contributed by atoms with Crippen molar-refractivity contribution in [1.29, 1.82) is 5.26 Å². The van der Waals surface area contributed by atoms with Crippen LogP contribution in [0.3, 0.4) is 0 Å². The summed E-state index contributed by atoms with van der Waals surface area (Å²) in [6.45, 7) is 0. The molecule has 17 heavy (non-hydrogen) atoms. The Balaban J connectivity index is 2.37. The summed E-state index contributed by atoms with van der Waals surface area (Å²) in [5, 5.41) is 12.6. The maximum Gasteiger partial charge on any atom is 0.148 e. The minimum absolute atomic E-state index is 0.458. The van der Waals surface area contributed by atoms with Gasteiger partial charge in [0, 0.05) is 10.7 Å². The van der Waals surface area contributed by atoms with Crippen molar-refractivity contribution in [3.63, 3.8) is 0 Å². The molecule has 0 aliphatic rings. The van der Waals surface area contributed by atoms with Crippen molar-refractivity contribution in [2.24, 2.45) is 0 Å². The predicted molar refractivity (Wildman–Crippen MR) is 71.4 cm³/mol. The Bertz CT molecular complexity index is 593. The Kier molecular flexibility index (Phi) is 3.62. The van der Waals surface area contributed by atoms with Crippen LogP contribution in [0.25, 0.3) is 0 Å². The lowest BCUT2D eigenvalue weighted by atomic mass is 10.2. The molecule has 1 heterocycles. The summed E-state index contributed by atoms with van der Waals surface area (Å²) in [7, 11) is 0. The Morgan fingerprint density at radius 2 is 2.12 bits per heavy atom. The lowest BCUT2D eigenvalue weighted by Crippen LogP contribution is -1.97. The van der Waals surface area contributed by atoms with Crippen molar-refractivity contribution in [2.75, 3.05) is 5.32 Å². The highest BCUT2D eigenvalue weighted by Gasteiger charge is 2.06. The third-order valence-electron chi connectivity index (χ3n) is 2.10. The number of hydrogen-bond acceptors (Lipinski definition) is 3. The quantitative estimate of drug-likeness (QED) is 0.908. The zero-order chi connectivity index (χ0) is 12.3. The predicted octanol–water partition coefficient (Wildman–Crippen LogP) is 4.11. The van der Waals surface area contributed by atoms with Gasteiger partial charge in [0.1, 0.15) is 11.9 Å². The summed E-state index contributed by atoms with van der Waals surface area (Å²) >= 11 is 9.29. The lowest BCUT2D eigenvalue weighted by molar-refractivity contribution is 1.27. The molecule has 0 aliphatic carbocycles. The van der Waals surface area contributed by atoms with Crippen LogP contribution < -0.4 is 5.32 Å². The molecular formula is C12H7BrClN3. The number of halogens is 2. The largest absolute Gasteiger partial charge is 0.338 e. The maximum atomic E-state index is 9.01. The average molecular weight is 309 g/mol. The van der Waals surface area contributed by atoms with Crippen LogP contribution in [0.2, 0.25) is 5.02 Å². The molecule has 0 saturated carbocycles. The van der Waals surface area contributed by atoms with E-state index in [1.165, 1.54) is 0 Å². The van der Waals surface area contributed by atoms with E-state index >= 15 is 0 Å². The number of pyridine rings is 1. The van der Waals surface area contributed by atoms with Crippen molar-refractivity contribution in [1.82, 2.24) is 4.98 Å². The molecule has 0 spiro atoms. The summed E-state index contributed by atoms with van der Waals surface area (Å²) in [6.07, 6.45) is 1.63.